The zero-order chi connectivity index (χ0) is 20.7. The Kier molecular flexibility index (Phi) is 8.34. The average molecular weight is 421 g/mol. The van der Waals surface area contributed by atoms with Gasteiger partial charge in [-0.05, 0) is 43.5 Å². The third kappa shape index (κ3) is 6.25. The first-order valence-corrected chi connectivity index (χ1v) is 10.1. The van der Waals surface area contributed by atoms with Gasteiger partial charge in [-0.25, -0.2) is 0 Å². The Hall–Kier alpha value is -2.04. The molecule has 2 rings (SSSR count). The van der Waals surface area contributed by atoms with E-state index >= 15 is 0 Å². The molecule has 6 heteroatoms. The number of rotatable bonds is 8. The molecule has 150 valence electrons. The average Bonchev–Trinajstić information content (AvgIpc) is 2.69. The van der Waals surface area contributed by atoms with Gasteiger partial charge in [0.15, 0.2) is 0 Å². The number of halogens is 2. The number of nitrogens with zero attached hydrogens (tertiary/aromatic N) is 1. The van der Waals surface area contributed by atoms with E-state index in [0.29, 0.717) is 16.6 Å². The fourth-order valence-corrected chi connectivity index (χ4v) is 3.07. The monoisotopic (exact) mass is 420 g/mol. The number of carbonyl (C=O) groups is 2. The molecule has 0 spiro atoms. The molecule has 0 aromatic heterocycles. The van der Waals surface area contributed by atoms with Crippen LogP contribution in [0.4, 0.5) is 0 Å². The molecule has 2 aromatic rings. The summed E-state index contributed by atoms with van der Waals surface area (Å²) in [5.41, 5.74) is 1.72. The molecule has 0 bridgehead atoms. The molecule has 0 saturated heterocycles. The zero-order valence-corrected chi connectivity index (χ0v) is 17.9. The van der Waals surface area contributed by atoms with E-state index < -0.39 is 6.04 Å². The molecule has 0 saturated carbocycles. The van der Waals surface area contributed by atoms with Crippen molar-refractivity contribution in [3.05, 3.63) is 69.7 Å². The standard InChI is InChI=1S/C22H26Cl2N2O2/c1-4-15(2)25-22(28)16(3)26(14-17-8-6-5-7-9-17)21(27)13-18-10-11-19(23)20(24)12-18/h5-12,15-16H,4,13-14H2,1-3H3,(H,25,28)/t15-,16+/m0/s1. The van der Waals surface area contributed by atoms with Crippen molar-refractivity contribution >= 4 is 35.0 Å². The lowest BCUT2D eigenvalue weighted by Gasteiger charge is -2.30. The van der Waals surface area contributed by atoms with Crippen molar-refractivity contribution in [2.24, 2.45) is 0 Å². The number of hydrogen-bond acceptors (Lipinski definition) is 2. The van der Waals surface area contributed by atoms with Crippen molar-refractivity contribution in [1.29, 1.82) is 0 Å². The van der Waals surface area contributed by atoms with Crippen LogP contribution in [0.3, 0.4) is 0 Å². The predicted octanol–water partition coefficient (Wildman–Crippen LogP) is 4.87. The molecule has 0 aliphatic heterocycles. The van der Waals surface area contributed by atoms with Gasteiger partial charge in [-0.3, -0.25) is 9.59 Å². The minimum Gasteiger partial charge on any atom is -0.352 e. The zero-order valence-electron chi connectivity index (χ0n) is 16.4. The minimum absolute atomic E-state index is 0.0544. The maximum Gasteiger partial charge on any atom is 0.242 e. The number of nitrogens with one attached hydrogen (secondary N) is 1. The molecule has 0 aliphatic rings. The van der Waals surface area contributed by atoms with Crippen LogP contribution in [0.2, 0.25) is 10.0 Å². The maximum atomic E-state index is 13.1. The molecule has 28 heavy (non-hydrogen) atoms. The quantitative estimate of drug-likeness (QED) is 0.661. The van der Waals surface area contributed by atoms with Crippen molar-refractivity contribution in [3.63, 3.8) is 0 Å². The Labute approximate surface area is 176 Å². The van der Waals surface area contributed by atoms with Gasteiger partial charge in [0.2, 0.25) is 11.8 Å². The van der Waals surface area contributed by atoms with Crippen molar-refractivity contribution in [2.45, 2.75) is 52.2 Å². The van der Waals surface area contributed by atoms with E-state index in [2.05, 4.69) is 5.32 Å². The SMILES string of the molecule is CC[C@H](C)NC(=O)[C@@H](C)N(Cc1ccccc1)C(=O)Cc1ccc(Cl)c(Cl)c1. The van der Waals surface area contributed by atoms with Crippen LogP contribution in [-0.4, -0.2) is 28.8 Å². The Bertz CT molecular complexity index is 811. The van der Waals surface area contributed by atoms with Crippen LogP contribution in [0, 0.1) is 0 Å². The lowest BCUT2D eigenvalue weighted by Crippen LogP contribution is -2.49. The molecule has 4 nitrogen and oxygen atoms in total. The largest absolute Gasteiger partial charge is 0.352 e. The minimum atomic E-state index is -0.593. The summed E-state index contributed by atoms with van der Waals surface area (Å²) in [7, 11) is 0. The van der Waals surface area contributed by atoms with Crippen LogP contribution in [0.25, 0.3) is 0 Å². The Balaban J connectivity index is 2.21. The second kappa shape index (κ2) is 10.5. The fraction of sp³-hybridized carbons (Fsp3) is 0.364. The van der Waals surface area contributed by atoms with Gasteiger partial charge in [-0.2, -0.15) is 0 Å². The van der Waals surface area contributed by atoms with E-state index in [1.165, 1.54) is 0 Å². The molecule has 2 atom stereocenters. The molecular weight excluding hydrogens is 395 g/mol. The fourth-order valence-electron chi connectivity index (χ4n) is 2.75. The molecule has 0 fully saturated rings. The van der Waals surface area contributed by atoms with Crippen LogP contribution >= 0.6 is 23.2 Å². The number of benzene rings is 2. The molecular formula is C22H26Cl2N2O2. The highest BCUT2D eigenvalue weighted by molar-refractivity contribution is 6.42. The van der Waals surface area contributed by atoms with Crippen molar-refractivity contribution in [3.8, 4) is 0 Å². The summed E-state index contributed by atoms with van der Waals surface area (Å²) in [5, 5.41) is 3.81. The van der Waals surface area contributed by atoms with Gasteiger partial charge in [0, 0.05) is 12.6 Å². The molecule has 0 aliphatic carbocycles. The lowest BCUT2D eigenvalue weighted by molar-refractivity contribution is -0.140. The number of amides is 2. The van der Waals surface area contributed by atoms with Crippen molar-refractivity contribution in [2.75, 3.05) is 0 Å². The van der Waals surface area contributed by atoms with Crippen LogP contribution < -0.4 is 5.32 Å². The molecule has 2 aromatic carbocycles. The van der Waals surface area contributed by atoms with Crippen molar-refractivity contribution < 1.29 is 9.59 Å². The molecule has 0 heterocycles. The Morgan fingerprint density at radius 2 is 1.68 bits per heavy atom. The van der Waals surface area contributed by atoms with Gasteiger partial charge < -0.3 is 10.2 Å². The van der Waals surface area contributed by atoms with Crippen LogP contribution in [0.15, 0.2) is 48.5 Å². The first-order valence-electron chi connectivity index (χ1n) is 9.39. The third-order valence-electron chi connectivity index (χ3n) is 4.70. The normalized spacial score (nSPS) is 12.9. The number of carbonyl (C=O) groups excluding carboxylic acids is 2. The van der Waals surface area contributed by atoms with Gasteiger partial charge >= 0.3 is 0 Å². The highest BCUT2D eigenvalue weighted by Gasteiger charge is 2.26. The summed E-state index contributed by atoms with van der Waals surface area (Å²) in [6, 6.07) is 14.2. The summed E-state index contributed by atoms with van der Waals surface area (Å²) in [6.07, 6.45) is 0.971. The van der Waals surface area contributed by atoms with E-state index in [1.807, 2.05) is 44.2 Å². The van der Waals surface area contributed by atoms with Gasteiger partial charge in [-0.1, -0.05) is 66.5 Å². The van der Waals surface area contributed by atoms with Gasteiger partial charge in [0.1, 0.15) is 6.04 Å². The van der Waals surface area contributed by atoms with Crippen LogP contribution in [0.5, 0.6) is 0 Å². The van der Waals surface area contributed by atoms with Gasteiger partial charge in [-0.15, -0.1) is 0 Å². The third-order valence-corrected chi connectivity index (χ3v) is 5.44. The summed E-state index contributed by atoms with van der Waals surface area (Å²) in [6.45, 7) is 6.07. The Morgan fingerprint density at radius 1 is 1.00 bits per heavy atom. The second-order valence-electron chi connectivity index (χ2n) is 6.93. The Morgan fingerprint density at radius 3 is 2.29 bits per heavy atom. The summed E-state index contributed by atoms with van der Waals surface area (Å²) in [5.74, 6) is -0.304. The van der Waals surface area contributed by atoms with Crippen molar-refractivity contribution in [1.82, 2.24) is 10.2 Å². The van der Waals surface area contributed by atoms with E-state index in [-0.39, 0.29) is 24.3 Å². The molecule has 2 amide bonds. The highest BCUT2D eigenvalue weighted by Crippen LogP contribution is 2.23. The second-order valence-corrected chi connectivity index (χ2v) is 7.74. The van der Waals surface area contributed by atoms with Crippen LogP contribution in [0.1, 0.15) is 38.3 Å². The number of hydrogen-bond donors (Lipinski definition) is 1. The molecule has 0 unspecified atom stereocenters. The van der Waals surface area contributed by atoms with E-state index in [9.17, 15) is 9.59 Å². The van der Waals surface area contributed by atoms with Gasteiger partial charge in [0.05, 0.1) is 16.5 Å². The predicted molar refractivity (Wildman–Crippen MR) is 115 cm³/mol. The highest BCUT2D eigenvalue weighted by atomic mass is 35.5. The first-order chi connectivity index (χ1) is 13.3. The molecule has 0 radical (unpaired) electrons. The lowest BCUT2D eigenvalue weighted by atomic mass is 10.1. The summed E-state index contributed by atoms with van der Waals surface area (Å²) in [4.78, 5) is 27.3. The summed E-state index contributed by atoms with van der Waals surface area (Å²) < 4.78 is 0. The molecule has 1 N–H and O–H groups in total. The van der Waals surface area contributed by atoms with Gasteiger partial charge in [0.25, 0.3) is 0 Å². The topological polar surface area (TPSA) is 49.4 Å². The van der Waals surface area contributed by atoms with E-state index in [4.69, 9.17) is 23.2 Å². The van der Waals surface area contributed by atoms with Crippen LogP contribution in [-0.2, 0) is 22.6 Å². The smallest absolute Gasteiger partial charge is 0.242 e. The first kappa shape index (κ1) is 22.3. The summed E-state index contributed by atoms with van der Waals surface area (Å²) >= 11 is 12.0. The van der Waals surface area contributed by atoms with E-state index in [0.717, 1.165) is 17.5 Å². The maximum absolute atomic E-state index is 13.1. The van der Waals surface area contributed by atoms with E-state index in [1.54, 1.807) is 30.0 Å².